The van der Waals surface area contributed by atoms with Crippen LogP contribution in [0.4, 0.5) is 0 Å². The maximum atomic E-state index is 10.6. The molecule has 1 aromatic heterocycles. The summed E-state index contributed by atoms with van der Waals surface area (Å²) in [7, 11) is 0. The average Bonchev–Trinajstić information content (AvgIpc) is 2.71. The SMILES string of the molecule is CCCCc1cc(CNCCCOc2c(C)cncc2C)cc(CCCC)c1O. The molecule has 0 saturated carbocycles. The third-order valence-corrected chi connectivity index (χ3v) is 5.25. The average molecular weight is 399 g/mol. The van der Waals surface area contributed by atoms with Gasteiger partial charge in [-0.05, 0) is 69.2 Å². The summed E-state index contributed by atoms with van der Waals surface area (Å²) in [5.74, 6) is 1.48. The molecule has 0 fully saturated rings. The number of nitrogens with zero attached hydrogens (tertiary/aromatic N) is 1. The molecular weight excluding hydrogens is 360 g/mol. The van der Waals surface area contributed by atoms with E-state index in [4.69, 9.17) is 4.74 Å². The molecule has 0 bridgehead atoms. The number of hydrogen-bond acceptors (Lipinski definition) is 4. The standard InChI is InChI=1S/C25H38N2O2/c1-5-7-10-22-14-21(15-23(24(22)28)11-8-6-2)18-26-12-9-13-29-25-19(3)16-27-17-20(25)4/h14-17,26,28H,5-13,18H2,1-4H3. The van der Waals surface area contributed by atoms with Crippen molar-refractivity contribution >= 4 is 0 Å². The molecule has 0 atom stereocenters. The fourth-order valence-electron chi connectivity index (χ4n) is 3.57. The predicted molar refractivity (Wildman–Crippen MR) is 121 cm³/mol. The Hall–Kier alpha value is -2.07. The van der Waals surface area contributed by atoms with E-state index in [2.05, 4.69) is 36.3 Å². The quantitative estimate of drug-likeness (QED) is 0.428. The lowest BCUT2D eigenvalue weighted by molar-refractivity contribution is 0.303. The van der Waals surface area contributed by atoms with Gasteiger partial charge in [0, 0.05) is 30.1 Å². The van der Waals surface area contributed by atoms with Crippen LogP contribution in [0.1, 0.15) is 73.8 Å². The summed E-state index contributed by atoms with van der Waals surface area (Å²) in [5.41, 5.74) is 5.64. The molecule has 0 amide bonds. The number of rotatable bonds is 13. The fraction of sp³-hybridized carbons (Fsp3) is 0.560. The minimum atomic E-state index is 0.521. The van der Waals surface area contributed by atoms with Crippen LogP contribution in [0.2, 0.25) is 0 Å². The molecule has 2 N–H and O–H groups in total. The van der Waals surface area contributed by atoms with E-state index in [1.807, 2.05) is 26.2 Å². The van der Waals surface area contributed by atoms with Crippen molar-refractivity contribution in [1.82, 2.24) is 10.3 Å². The van der Waals surface area contributed by atoms with E-state index >= 15 is 0 Å². The summed E-state index contributed by atoms with van der Waals surface area (Å²) in [6, 6.07) is 4.35. The molecule has 2 rings (SSSR count). The number of pyridine rings is 1. The molecule has 0 saturated heterocycles. The Balaban J connectivity index is 1.85. The molecule has 160 valence electrons. The lowest BCUT2D eigenvalue weighted by atomic mass is 9.97. The van der Waals surface area contributed by atoms with E-state index < -0.39 is 0 Å². The van der Waals surface area contributed by atoms with Crippen molar-refractivity contribution in [3.05, 3.63) is 52.3 Å². The number of nitrogens with one attached hydrogen (secondary N) is 1. The van der Waals surface area contributed by atoms with Crippen molar-refractivity contribution in [3.8, 4) is 11.5 Å². The molecule has 0 radical (unpaired) electrons. The Morgan fingerprint density at radius 3 is 2.07 bits per heavy atom. The summed E-state index contributed by atoms with van der Waals surface area (Å²) in [4.78, 5) is 4.18. The Labute approximate surface area is 176 Å². The van der Waals surface area contributed by atoms with E-state index in [0.29, 0.717) is 12.4 Å². The molecular formula is C25H38N2O2. The van der Waals surface area contributed by atoms with Gasteiger partial charge in [0.15, 0.2) is 0 Å². The molecule has 29 heavy (non-hydrogen) atoms. The number of phenols is 1. The van der Waals surface area contributed by atoms with Crippen LogP contribution < -0.4 is 10.1 Å². The molecule has 0 aliphatic heterocycles. The van der Waals surface area contributed by atoms with Crippen LogP contribution in [0.3, 0.4) is 0 Å². The van der Waals surface area contributed by atoms with Gasteiger partial charge >= 0.3 is 0 Å². The molecule has 1 heterocycles. The van der Waals surface area contributed by atoms with Crippen LogP contribution >= 0.6 is 0 Å². The zero-order valence-corrected chi connectivity index (χ0v) is 18.7. The van der Waals surface area contributed by atoms with Gasteiger partial charge in [0.1, 0.15) is 11.5 Å². The van der Waals surface area contributed by atoms with Crippen molar-refractivity contribution in [2.45, 2.75) is 79.2 Å². The van der Waals surface area contributed by atoms with Gasteiger partial charge in [-0.3, -0.25) is 4.98 Å². The Morgan fingerprint density at radius 2 is 1.52 bits per heavy atom. The van der Waals surface area contributed by atoms with Crippen LogP contribution in [-0.4, -0.2) is 23.2 Å². The van der Waals surface area contributed by atoms with Crippen molar-refractivity contribution in [2.75, 3.05) is 13.2 Å². The second-order valence-corrected chi connectivity index (χ2v) is 7.95. The van der Waals surface area contributed by atoms with Gasteiger partial charge in [-0.2, -0.15) is 0 Å². The zero-order chi connectivity index (χ0) is 21.1. The summed E-state index contributed by atoms with van der Waals surface area (Å²) in [5, 5.41) is 14.1. The molecule has 0 unspecified atom stereocenters. The molecule has 2 aromatic rings. The van der Waals surface area contributed by atoms with E-state index in [1.165, 1.54) is 5.56 Å². The van der Waals surface area contributed by atoms with E-state index in [-0.39, 0.29) is 0 Å². The maximum Gasteiger partial charge on any atom is 0.128 e. The van der Waals surface area contributed by atoms with E-state index in [1.54, 1.807) is 0 Å². The molecule has 0 spiro atoms. The predicted octanol–water partition coefficient (Wildman–Crippen LogP) is 5.65. The Kier molecular flexibility index (Phi) is 9.99. The van der Waals surface area contributed by atoms with Gasteiger partial charge in [-0.1, -0.05) is 38.8 Å². The van der Waals surface area contributed by atoms with E-state index in [0.717, 1.165) is 86.0 Å². The lowest BCUT2D eigenvalue weighted by Gasteiger charge is -2.14. The van der Waals surface area contributed by atoms with Crippen molar-refractivity contribution in [3.63, 3.8) is 0 Å². The molecule has 0 aliphatic carbocycles. The third kappa shape index (κ3) is 7.36. The Bertz CT molecular complexity index is 709. The van der Waals surface area contributed by atoms with Crippen molar-refractivity contribution in [2.24, 2.45) is 0 Å². The van der Waals surface area contributed by atoms with Crippen molar-refractivity contribution in [1.29, 1.82) is 0 Å². The van der Waals surface area contributed by atoms with Gasteiger partial charge < -0.3 is 15.2 Å². The summed E-state index contributed by atoms with van der Waals surface area (Å²) in [6.45, 7) is 10.9. The van der Waals surface area contributed by atoms with Crippen LogP contribution in [0.15, 0.2) is 24.5 Å². The number of phenolic OH excluding ortho intramolecular Hbond substituents is 1. The normalized spacial score (nSPS) is 11.0. The number of hydrogen-bond donors (Lipinski definition) is 2. The first kappa shape index (κ1) is 23.2. The van der Waals surface area contributed by atoms with Gasteiger partial charge in [0.25, 0.3) is 0 Å². The van der Waals surface area contributed by atoms with E-state index in [9.17, 15) is 5.11 Å². The summed E-state index contributed by atoms with van der Waals surface area (Å²) < 4.78 is 5.95. The molecule has 0 aliphatic rings. The largest absolute Gasteiger partial charge is 0.507 e. The first-order chi connectivity index (χ1) is 14.1. The van der Waals surface area contributed by atoms with Gasteiger partial charge in [0.2, 0.25) is 0 Å². The topological polar surface area (TPSA) is 54.4 Å². The smallest absolute Gasteiger partial charge is 0.128 e. The highest BCUT2D eigenvalue weighted by Gasteiger charge is 2.10. The highest BCUT2D eigenvalue weighted by Crippen LogP contribution is 2.28. The van der Waals surface area contributed by atoms with Crippen LogP contribution in [-0.2, 0) is 19.4 Å². The monoisotopic (exact) mass is 398 g/mol. The van der Waals surface area contributed by atoms with Crippen molar-refractivity contribution < 1.29 is 9.84 Å². The Morgan fingerprint density at radius 1 is 0.931 bits per heavy atom. The van der Waals surface area contributed by atoms with Gasteiger partial charge in [-0.15, -0.1) is 0 Å². The number of benzene rings is 1. The second kappa shape index (κ2) is 12.5. The summed E-state index contributed by atoms with van der Waals surface area (Å²) in [6.07, 6.45) is 11.1. The molecule has 1 aromatic carbocycles. The minimum Gasteiger partial charge on any atom is -0.507 e. The molecule has 4 heteroatoms. The number of aromatic nitrogens is 1. The fourth-order valence-corrected chi connectivity index (χ4v) is 3.57. The first-order valence-electron chi connectivity index (χ1n) is 11.1. The van der Waals surface area contributed by atoms with Gasteiger partial charge in [-0.25, -0.2) is 0 Å². The number of aromatic hydroxyl groups is 1. The minimum absolute atomic E-state index is 0.521. The zero-order valence-electron chi connectivity index (χ0n) is 18.7. The lowest BCUT2D eigenvalue weighted by Crippen LogP contribution is -2.17. The maximum absolute atomic E-state index is 10.6. The highest BCUT2D eigenvalue weighted by molar-refractivity contribution is 5.44. The van der Waals surface area contributed by atoms with Gasteiger partial charge in [0.05, 0.1) is 6.61 Å². The molecule has 4 nitrogen and oxygen atoms in total. The summed E-state index contributed by atoms with van der Waals surface area (Å²) >= 11 is 0. The third-order valence-electron chi connectivity index (χ3n) is 5.25. The van der Waals surface area contributed by atoms with Crippen LogP contribution in [0, 0.1) is 13.8 Å². The number of unbranched alkanes of at least 4 members (excludes halogenated alkanes) is 2. The first-order valence-corrected chi connectivity index (χ1v) is 11.1. The second-order valence-electron chi connectivity index (χ2n) is 7.95. The number of aryl methyl sites for hydroxylation is 4. The highest BCUT2D eigenvalue weighted by atomic mass is 16.5. The number of ether oxygens (including phenoxy) is 1. The van der Waals surface area contributed by atoms with Crippen LogP contribution in [0.5, 0.6) is 11.5 Å². The van der Waals surface area contributed by atoms with Crippen LogP contribution in [0.25, 0.3) is 0 Å².